The molecule has 100 valence electrons. The number of amides is 1. The van der Waals surface area contributed by atoms with E-state index in [-0.39, 0.29) is 30.5 Å². The lowest BCUT2D eigenvalue weighted by Crippen LogP contribution is -2.44. The van der Waals surface area contributed by atoms with E-state index in [2.05, 4.69) is 10.6 Å². The number of carbonyl (C=O) groups excluding carboxylic acids is 1. The molecule has 1 aliphatic heterocycles. The fraction of sp³-hybridized carbons (Fsp3) is 0.917. The number of hydrogen-bond acceptors (Lipinski definition) is 3. The maximum Gasteiger partial charge on any atom is 0.237 e. The minimum Gasteiger partial charge on any atom is -0.391 e. The lowest BCUT2D eigenvalue weighted by Gasteiger charge is -2.19. The number of aliphatic hydroxyl groups is 1. The molecule has 17 heavy (non-hydrogen) atoms. The molecule has 2 atom stereocenters. The summed E-state index contributed by atoms with van der Waals surface area (Å²) in [5.41, 5.74) is 0. The zero-order chi connectivity index (χ0) is 11.4. The number of carbonyl (C=O) groups is 1. The predicted octanol–water partition coefficient (Wildman–Crippen LogP) is 0.827. The Morgan fingerprint density at radius 2 is 2.00 bits per heavy atom. The Morgan fingerprint density at radius 3 is 2.59 bits per heavy atom. The lowest BCUT2D eigenvalue weighted by atomic mass is 10.0. The highest BCUT2D eigenvalue weighted by molar-refractivity contribution is 5.85. The molecule has 2 aliphatic rings. The van der Waals surface area contributed by atoms with Gasteiger partial charge in [0, 0.05) is 6.54 Å². The number of aliphatic hydroxyl groups excluding tert-OH is 1. The summed E-state index contributed by atoms with van der Waals surface area (Å²) in [6.07, 6.45) is 6.30. The topological polar surface area (TPSA) is 61.4 Å². The summed E-state index contributed by atoms with van der Waals surface area (Å²) in [6, 6.07) is -0.0317. The average molecular weight is 263 g/mol. The SMILES string of the molecule is Cl.O=C(NCC(O)C1CCCC1)C1CCCN1. The molecule has 4 nitrogen and oxygen atoms in total. The fourth-order valence-corrected chi connectivity index (χ4v) is 2.75. The van der Waals surface area contributed by atoms with Gasteiger partial charge in [-0.15, -0.1) is 12.4 Å². The van der Waals surface area contributed by atoms with Crippen LogP contribution in [0.1, 0.15) is 38.5 Å². The van der Waals surface area contributed by atoms with Gasteiger partial charge in [0.25, 0.3) is 0 Å². The van der Waals surface area contributed by atoms with Gasteiger partial charge in [0.1, 0.15) is 0 Å². The van der Waals surface area contributed by atoms with Gasteiger partial charge in [-0.25, -0.2) is 0 Å². The van der Waals surface area contributed by atoms with Crippen LogP contribution in [0.4, 0.5) is 0 Å². The number of hydrogen-bond donors (Lipinski definition) is 3. The maximum atomic E-state index is 11.7. The van der Waals surface area contributed by atoms with Crippen LogP contribution >= 0.6 is 12.4 Å². The van der Waals surface area contributed by atoms with Gasteiger partial charge in [-0.3, -0.25) is 4.79 Å². The largest absolute Gasteiger partial charge is 0.391 e. The van der Waals surface area contributed by atoms with Crippen molar-refractivity contribution in [3.05, 3.63) is 0 Å². The van der Waals surface area contributed by atoms with E-state index in [9.17, 15) is 9.90 Å². The summed E-state index contributed by atoms with van der Waals surface area (Å²) in [5.74, 6) is 0.450. The summed E-state index contributed by atoms with van der Waals surface area (Å²) >= 11 is 0. The summed E-state index contributed by atoms with van der Waals surface area (Å²) in [7, 11) is 0. The molecule has 0 aromatic carbocycles. The molecule has 0 bridgehead atoms. The van der Waals surface area contributed by atoms with Crippen LogP contribution in [0.2, 0.25) is 0 Å². The van der Waals surface area contributed by atoms with E-state index in [1.165, 1.54) is 12.8 Å². The zero-order valence-corrected chi connectivity index (χ0v) is 11.0. The Labute approximate surface area is 109 Å². The number of rotatable bonds is 4. The summed E-state index contributed by atoms with van der Waals surface area (Å²) < 4.78 is 0. The summed E-state index contributed by atoms with van der Waals surface area (Å²) in [6.45, 7) is 1.35. The van der Waals surface area contributed by atoms with Crippen molar-refractivity contribution in [1.29, 1.82) is 0 Å². The third-order valence-corrected chi connectivity index (χ3v) is 3.81. The van der Waals surface area contributed by atoms with Gasteiger partial charge in [-0.05, 0) is 38.1 Å². The predicted molar refractivity (Wildman–Crippen MR) is 69.2 cm³/mol. The van der Waals surface area contributed by atoms with E-state index in [1.807, 2.05) is 0 Å². The average Bonchev–Trinajstić information content (AvgIpc) is 2.95. The molecule has 0 spiro atoms. The van der Waals surface area contributed by atoms with E-state index in [0.29, 0.717) is 12.5 Å². The molecule has 5 heteroatoms. The van der Waals surface area contributed by atoms with E-state index >= 15 is 0 Å². The van der Waals surface area contributed by atoms with Crippen molar-refractivity contribution in [2.75, 3.05) is 13.1 Å². The second-order valence-corrected chi connectivity index (χ2v) is 5.01. The van der Waals surface area contributed by atoms with Gasteiger partial charge in [0.2, 0.25) is 5.91 Å². The first-order chi connectivity index (χ1) is 7.77. The molecule has 1 amide bonds. The molecule has 1 heterocycles. The molecule has 0 aromatic rings. The third kappa shape index (κ3) is 4.12. The van der Waals surface area contributed by atoms with Gasteiger partial charge in [0.05, 0.1) is 12.1 Å². The van der Waals surface area contributed by atoms with Crippen molar-refractivity contribution in [3.63, 3.8) is 0 Å². The maximum absolute atomic E-state index is 11.7. The highest BCUT2D eigenvalue weighted by atomic mass is 35.5. The second-order valence-electron chi connectivity index (χ2n) is 5.01. The van der Waals surface area contributed by atoms with Crippen LogP contribution in [0.25, 0.3) is 0 Å². The normalized spacial score (nSPS) is 26.5. The van der Waals surface area contributed by atoms with Crippen molar-refractivity contribution in [3.8, 4) is 0 Å². The van der Waals surface area contributed by atoms with E-state index < -0.39 is 0 Å². The van der Waals surface area contributed by atoms with Gasteiger partial charge in [0.15, 0.2) is 0 Å². The molecular weight excluding hydrogens is 240 g/mol. The molecule has 2 unspecified atom stereocenters. The van der Waals surface area contributed by atoms with Crippen molar-refractivity contribution in [1.82, 2.24) is 10.6 Å². The van der Waals surface area contributed by atoms with Crippen molar-refractivity contribution in [2.45, 2.75) is 50.7 Å². The van der Waals surface area contributed by atoms with E-state index in [1.54, 1.807) is 0 Å². The van der Waals surface area contributed by atoms with Crippen LogP contribution in [0.15, 0.2) is 0 Å². The Kier molecular flexibility index (Phi) is 6.23. The Balaban J connectivity index is 0.00000144. The summed E-state index contributed by atoms with van der Waals surface area (Å²) in [5, 5.41) is 15.9. The van der Waals surface area contributed by atoms with Crippen LogP contribution in [0, 0.1) is 5.92 Å². The van der Waals surface area contributed by atoms with Crippen LogP contribution in [0.5, 0.6) is 0 Å². The molecule has 0 aromatic heterocycles. The van der Waals surface area contributed by atoms with E-state index in [0.717, 1.165) is 32.2 Å². The van der Waals surface area contributed by atoms with Gasteiger partial charge in [-0.2, -0.15) is 0 Å². The second kappa shape index (κ2) is 7.19. The number of halogens is 1. The molecule has 2 fully saturated rings. The van der Waals surface area contributed by atoms with Gasteiger partial charge in [-0.1, -0.05) is 12.8 Å². The minimum absolute atomic E-state index is 0. The Bertz CT molecular complexity index is 239. The highest BCUT2D eigenvalue weighted by Gasteiger charge is 2.26. The monoisotopic (exact) mass is 262 g/mol. The first-order valence-corrected chi connectivity index (χ1v) is 6.46. The first kappa shape index (κ1) is 14.7. The fourth-order valence-electron chi connectivity index (χ4n) is 2.75. The molecule has 0 radical (unpaired) electrons. The van der Waals surface area contributed by atoms with E-state index in [4.69, 9.17) is 0 Å². The van der Waals surface area contributed by atoms with Crippen molar-refractivity contribution in [2.24, 2.45) is 5.92 Å². The number of nitrogens with one attached hydrogen (secondary N) is 2. The van der Waals surface area contributed by atoms with Crippen molar-refractivity contribution < 1.29 is 9.90 Å². The Hall–Kier alpha value is -0.320. The third-order valence-electron chi connectivity index (χ3n) is 3.81. The Morgan fingerprint density at radius 1 is 1.29 bits per heavy atom. The first-order valence-electron chi connectivity index (χ1n) is 6.46. The minimum atomic E-state index is -0.354. The van der Waals surface area contributed by atoms with Crippen LogP contribution in [0.3, 0.4) is 0 Å². The van der Waals surface area contributed by atoms with Gasteiger partial charge >= 0.3 is 0 Å². The summed E-state index contributed by atoms with van der Waals surface area (Å²) in [4.78, 5) is 11.7. The molecule has 3 N–H and O–H groups in total. The molecule has 2 rings (SSSR count). The standard InChI is InChI=1S/C12H22N2O2.ClH/c15-11(9-4-1-2-5-9)8-14-12(16)10-6-3-7-13-10;/h9-11,13,15H,1-8H2,(H,14,16);1H. The quantitative estimate of drug-likeness (QED) is 0.703. The lowest BCUT2D eigenvalue weighted by molar-refractivity contribution is -0.123. The molecule has 1 saturated heterocycles. The van der Waals surface area contributed by atoms with Gasteiger partial charge < -0.3 is 15.7 Å². The van der Waals surface area contributed by atoms with Crippen molar-refractivity contribution >= 4 is 18.3 Å². The zero-order valence-electron chi connectivity index (χ0n) is 10.2. The van der Waals surface area contributed by atoms with Crippen LogP contribution < -0.4 is 10.6 Å². The highest BCUT2D eigenvalue weighted by Crippen LogP contribution is 2.27. The molecular formula is C12H23ClN2O2. The smallest absolute Gasteiger partial charge is 0.237 e. The van der Waals surface area contributed by atoms with Crippen LogP contribution in [-0.2, 0) is 4.79 Å². The molecule has 1 aliphatic carbocycles. The molecule has 1 saturated carbocycles. The van der Waals surface area contributed by atoms with Crippen LogP contribution in [-0.4, -0.2) is 36.2 Å².